The van der Waals surface area contributed by atoms with Crippen LogP contribution in [0.2, 0.25) is 0 Å². The van der Waals surface area contributed by atoms with Crippen molar-refractivity contribution < 1.29 is 31.8 Å². The first-order valence-corrected chi connectivity index (χ1v) is 9.21. The highest BCUT2D eigenvalue weighted by Gasteiger charge is 2.25. The van der Waals surface area contributed by atoms with E-state index in [0.29, 0.717) is 17.7 Å². The van der Waals surface area contributed by atoms with Gasteiger partial charge in [0.25, 0.3) is 0 Å². The number of carbonyl (C=O) groups excluding carboxylic acids is 1. The summed E-state index contributed by atoms with van der Waals surface area (Å²) < 4.78 is 12.6. The molecule has 0 saturated heterocycles. The first-order valence-electron chi connectivity index (χ1n) is 9.21. The molecule has 6 nitrogen and oxygen atoms in total. The van der Waals surface area contributed by atoms with Crippen LogP contribution in [0, 0.1) is 6.92 Å². The van der Waals surface area contributed by atoms with Gasteiger partial charge in [0, 0.05) is 28.9 Å². The minimum absolute atomic E-state index is 0. The molecule has 0 saturated carbocycles. The molecule has 1 heterocycles. The number of hydrogen-bond acceptors (Lipinski definition) is 5. The number of esters is 1. The molecule has 2 aromatic carbocycles. The maximum atomic E-state index is 12.8. The first-order chi connectivity index (χ1) is 13.4. The van der Waals surface area contributed by atoms with Crippen molar-refractivity contribution in [1.82, 2.24) is 9.47 Å². The summed E-state index contributed by atoms with van der Waals surface area (Å²) in [5.41, 5.74) is 3.71. The molecule has 0 bridgehead atoms. The van der Waals surface area contributed by atoms with Gasteiger partial charge >= 0.3 is 5.97 Å². The van der Waals surface area contributed by atoms with Crippen LogP contribution in [0.15, 0.2) is 36.4 Å². The zero-order valence-electron chi connectivity index (χ0n) is 17.3. The molecule has 0 spiro atoms. The SMILES string of the molecule is CCOC(=O)c1c(C)n(-c2ccc(OC)cc2)c2ccc(O)c(CN(C)C)c12.[Cl-]. The number of fused-ring (bicyclic) bond motifs is 1. The Labute approximate surface area is 177 Å². The number of aromatic nitrogens is 1. The molecule has 0 aliphatic carbocycles. The standard InChI is InChI=1S/C22H26N2O4.ClH/c1-6-28-22(26)20-14(2)24(15-7-9-16(27-5)10-8-15)18-11-12-19(25)17(21(18)20)13-23(3)4;/h7-12,25H,6,13H2,1-5H3;1H/p-1. The Morgan fingerprint density at radius 1 is 1.14 bits per heavy atom. The average molecular weight is 418 g/mol. The minimum Gasteiger partial charge on any atom is -1.00 e. The number of methoxy groups -OCH3 is 1. The molecule has 29 heavy (non-hydrogen) atoms. The number of phenols is 1. The van der Waals surface area contributed by atoms with Crippen LogP contribution >= 0.6 is 0 Å². The van der Waals surface area contributed by atoms with Gasteiger partial charge in [0.1, 0.15) is 11.5 Å². The summed E-state index contributed by atoms with van der Waals surface area (Å²) in [5.74, 6) is 0.538. The van der Waals surface area contributed by atoms with Crippen molar-refractivity contribution in [2.75, 3.05) is 27.8 Å². The normalized spacial score (nSPS) is 10.8. The Balaban J connectivity index is 0.00000300. The zero-order valence-corrected chi connectivity index (χ0v) is 18.1. The molecule has 0 amide bonds. The molecule has 3 rings (SSSR count). The lowest BCUT2D eigenvalue weighted by Crippen LogP contribution is -3.00. The van der Waals surface area contributed by atoms with Crippen LogP contribution in [0.5, 0.6) is 11.5 Å². The van der Waals surface area contributed by atoms with Crippen LogP contribution in [0.3, 0.4) is 0 Å². The molecular weight excluding hydrogens is 392 g/mol. The molecule has 7 heteroatoms. The van der Waals surface area contributed by atoms with Gasteiger partial charge in [0.2, 0.25) is 0 Å². The fourth-order valence-electron chi connectivity index (χ4n) is 3.56. The quantitative estimate of drug-likeness (QED) is 0.604. The molecule has 0 aliphatic heterocycles. The average Bonchev–Trinajstić information content (AvgIpc) is 2.96. The van der Waals surface area contributed by atoms with Gasteiger partial charge < -0.3 is 36.5 Å². The van der Waals surface area contributed by atoms with Gasteiger partial charge in [-0.05, 0) is 64.3 Å². The second-order valence-electron chi connectivity index (χ2n) is 6.91. The smallest absolute Gasteiger partial charge is 0.340 e. The van der Waals surface area contributed by atoms with Crippen LogP contribution in [0.1, 0.15) is 28.5 Å². The van der Waals surface area contributed by atoms with Crippen molar-refractivity contribution in [3.8, 4) is 17.2 Å². The molecule has 0 unspecified atom stereocenters. The topological polar surface area (TPSA) is 63.9 Å². The molecular formula is C22H26ClN2O4-. The highest BCUT2D eigenvalue weighted by Crippen LogP contribution is 2.37. The van der Waals surface area contributed by atoms with Crippen molar-refractivity contribution in [2.24, 2.45) is 0 Å². The van der Waals surface area contributed by atoms with Gasteiger partial charge in [-0.15, -0.1) is 0 Å². The lowest BCUT2D eigenvalue weighted by molar-refractivity contribution is -0.0000255. The van der Waals surface area contributed by atoms with Crippen LogP contribution in [-0.4, -0.2) is 48.4 Å². The lowest BCUT2D eigenvalue weighted by Gasteiger charge is -2.14. The van der Waals surface area contributed by atoms with Gasteiger partial charge in [0.05, 0.1) is 24.8 Å². The summed E-state index contributed by atoms with van der Waals surface area (Å²) in [7, 11) is 5.48. The van der Waals surface area contributed by atoms with Crippen molar-refractivity contribution >= 4 is 16.9 Å². The number of phenolic OH excluding ortho intramolecular Hbond substituents is 1. The van der Waals surface area contributed by atoms with Gasteiger partial charge in [-0.3, -0.25) is 0 Å². The Kier molecular flexibility index (Phi) is 7.16. The molecule has 0 radical (unpaired) electrons. The molecule has 0 atom stereocenters. The Morgan fingerprint density at radius 3 is 2.34 bits per heavy atom. The molecule has 156 valence electrons. The predicted molar refractivity (Wildman–Crippen MR) is 110 cm³/mol. The van der Waals surface area contributed by atoms with Crippen molar-refractivity contribution in [3.05, 3.63) is 53.2 Å². The Hall–Kier alpha value is -2.70. The van der Waals surface area contributed by atoms with E-state index in [1.54, 1.807) is 20.1 Å². The summed E-state index contributed by atoms with van der Waals surface area (Å²) in [5, 5.41) is 11.3. The van der Waals surface area contributed by atoms with E-state index in [9.17, 15) is 9.90 Å². The Bertz CT molecular complexity index is 1010. The van der Waals surface area contributed by atoms with Crippen LogP contribution < -0.4 is 17.1 Å². The second-order valence-corrected chi connectivity index (χ2v) is 6.91. The fourth-order valence-corrected chi connectivity index (χ4v) is 3.56. The van der Waals surface area contributed by atoms with Gasteiger partial charge in [-0.25, -0.2) is 4.79 Å². The lowest BCUT2D eigenvalue weighted by atomic mass is 10.0. The third kappa shape index (κ3) is 4.18. The van der Waals surface area contributed by atoms with E-state index in [0.717, 1.165) is 28.0 Å². The molecule has 3 aromatic rings. The van der Waals surface area contributed by atoms with Crippen molar-refractivity contribution in [2.45, 2.75) is 20.4 Å². The number of rotatable bonds is 6. The summed E-state index contributed by atoms with van der Waals surface area (Å²) in [6, 6.07) is 11.2. The van der Waals surface area contributed by atoms with Crippen molar-refractivity contribution in [1.29, 1.82) is 0 Å². The van der Waals surface area contributed by atoms with E-state index in [-0.39, 0.29) is 30.7 Å². The largest absolute Gasteiger partial charge is 1.00 e. The second kappa shape index (κ2) is 9.20. The number of carbonyl (C=O) groups is 1. The third-order valence-corrected chi connectivity index (χ3v) is 4.74. The van der Waals surface area contributed by atoms with E-state index in [4.69, 9.17) is 9.47 Å². The van der Waals surface area contributed by atoms with Crippen molar-refractivity contribution in [3.63, 3.8) is 0 Å². The number of halogens is 1. The van der Waals surface area contributed by atoms with E-state index in [1.807, 2.05) is 60.8 Å². The number of benzene rings is 2. The summed E-state index contributed by atoms with van der Waals surface area (Å²) >= 11 is 0. The monoisotopic (exact) mass is 417 g/mol. The number of aromatic hydroxyl groups is 1. The van der Waals surface area contributed by atoms with Gasteiger partial charge in [-0.2, -0.15) is 0 Å². The fraction of sp³-hybridized carbons (Fsp3) is 0.318. The predicted octanol–water partition coefficient (Wildman–Crippen LogP) is 0.895. The zero-order chi connectivity index (χ0) is 20.4. The van der Waals surface area contributed by atoms with Gasteiger partial charge in [-0.1, -0.05) is 0 Å². The van der Waals surface area contributed by atoms with Gasteiger partial charge in [0.15, 0.2) is 0 Å². The van der Waals surface area contributed by atoms with E-state index < -0.39 is 0 Å². The van der Waals surface area contributed by atoms with Crippen LogP contribution in [0.4, 0.5) is 0 Å². The molecule has 0 fully saturated rings. The maximum Gasteiger partial charge on any atom is 0.340 e. The van der Waals surface area contributed by atoms with Crippen LogP contribution in [0.25, 0.3) is 16.6 Å². The molecule has 1 aromatic heterocycles. The highest BCUT2D eigenvalue weighted by atomic mass is 35.5. The number of hydrogen-bond donors (Lipinski definition) is 1. The van der Waals surface area contributed by atoms with E-state index in [1.165, 1.54) is 0 Å². The summed E-state index contributed by atoms with van der Waals surface area (Å²) in [4.78, 5) is 14.8. The Morgan fingerprint density at radius 2 is 1.79 bits per heavy atom. The maximum absolute atomic E-state index is 12.8. The highest BCUT2D eigenvalue weighted by molar-refractivity contribution is 6.08. The summed E-state index contributed by atoms with van der Waals surface area (Å²) in [6.07, 6.45) is 0. The molecule has 1 N–H and O–H groups in total. The summed E-state index contributed by atoms with van der Waals surface area (Å²) in [6.45, 7) is 4.47. The first kappa shape index (κ1) is 22.6. The van der Waals surface area contributed by atoms with E-state index >= 15 is 0 Å². The third-order valence-electron chi connectivity index (χ3n) is 4.74. The number of ether oxygens (including phenoxy) is 2. The van der Waals surface area contributed by atoms with E-state index in [2.05, 4.69) is 0 Å². The number of nitrogens with zero attached hydrogens (tertiary/aromatic N) is 2. The minimum atomic E-state index is -0.386. The van der Waals surface area contributed by atoms with Crippen LogP contribution in [-0.2, 0) is 11.3 Å². The molecule has 0 aliphatic rings.